The molecule has 3 nitrogen and oxygen atoms in total. The number of ketones is 1. The minimum absolute atomic E-state index is 0.112. The van der Waals surface area contributed by atoms with Crippen LogP contribution in [0, 0.1) is 5.82 Å². The van der Waals surface area contributed by atoms with Crippen LogP contribution in [0.1, 0.15) is 10.4 Å². The SMILES string of the molecule is Cn1cc(C(=O)C=O)c2c(F)cccc21. The predicted octanol–water partition coefficient (Wildman–Crippen LogP) is 1.70. The maximum absolute atomic E-state index is 13.5. The van der Waals surface area contributed by atoms with Gasteiger partial charge in [-0.25, -0.2) is 4.39 Å². The number of aryl methyl sites for hydroxylation is 1. The molecule has 4 heteroatoms. The molecule has 1 aromatic heterocycles. The molecule has 0 radical (unpaired) electrons. The predicted molar refractivity (Wildman–Crippen MR) is 53.3 cm³/mol. The first-order valence-corrected chi connectivity index (χ1v) is 4.38. The van der Waals surface area contributed by atoms with E-state index in [9.17, 15) is 14.0 Å². The van der Waals surface area contributed by atoms with E-state index < -0.39 is 11.6 Å². The molecule has 0 N–H and O–H groups in total. The third-order valence-corrected chi connectivity index (χ3v) is 2.34. The highest BCUT2D eigenvalue weighted by Gasteiger charge is 2.15. The van der Waals surface area contributed by atoms with Gasteiger partial charge in [0, 0.05) is 18.6 Å². The third kappa shape index (κ3) is 1.34. The highest BCUT2D eigenvalue weighted by Crippen LogP contribution is 2.23. The molecule has 0 aliphatic heterocycles. The van der Waals surface area contributed by atoms with Crippen molar-refractivity contribution in [1.82, 2.24) is 4.57 Å². The lowest BCUT2D eigenvalue weighted by molar-refractivity contribution is -0.104. The molecule has 0 saturated heterocycles. The molecule has 0 spiro atoms. The number of hydrogen-bond acceptors (Lipinski definition) is 2. The van der Waals surface area contributed by atoms with E-state index in [0.29, 0.717) is 5.52 Å². The van der Waals surface area contributed by atoms with E-state index >= 15 is 0 Å². The Morgan fingerprint density at radius 2 is 2.20 bits per heavy atom. The average Bonchev–Trinajstić information content (AvgIpc) is 2.57. The number of carbonyl (C=O) groups excluding carboxylic acids is 2. The van der Waals surface area contributed by atoms with Crippen LogP contribution in [0.2, 0.25) is 0 Å². The van der Waals surface area contributed by atoms with Gasteiger partial charge in [-0.05, 0) is 12.1 Å². The van der Waals surface area contributed by atoms with Gasteiger partial charge in [-0.3, -0.25) is 9.59 Å². The van der Waals surface area contributed by atoms with Crippen LogP contribution in [0.25, 0.3) is 10.9 Å². The minimum Gasteiger partial charge on any atom is -0.350 e. The zero-order valence-corrected chi connectivity index (χ0v) is 8.03. The van der Waals surface area contributed by atoms with Crippen molar-refractivity contribution < 1.29 is 14.0 Å². The first-order chi connectivity index (χ1) is 7.15. The van der Waals surface area contributed by atoms with E-state index in [2.05, 4.69) is 0 Å². The Balaban J connectivity index is 2.87. The number of nitrogens with zero attached hydrogens (tertiary/aromatic N) is 1. The third-order valence-electron chi connectivity index (χ3n) is 2.34. The molecule has 0 amide bonds. The molecule has 0 saturated carbocycles. The standard InChI is InChI=1S/C11H8FNO2/c1-13-5-7(10(15)6-14)11-8(12)3-2-4-9(11)13/h2-6H,1H3. The number of hydrogen-bond donors (Lipinski definition) is 0. The van der Waals surface area contributed by atoms with Crippen molar-refractivity contribution in [1.29, 1.82) is 0 Å². The Bertz CT molecular complexity index is 557. The quantitative estimate of drug-likeness (QED) is 0.425. The fourth-order valence-corrected chi connectivity index (χ4v) is 1.65. The molecule has 1 aromatic carbocycles. The van der Waals surface area contributed by atoms with Crippen LogP contribution in [0.15, 0.2) is 24.4 Å². The topological polar surface area (TPSA) is 39.1 Å². The summed E-state index contributed by atoms with van der Waals surface area (Å²) >= 11 is 0. The Morgan fingerprint density at radius 3 is 2.87 bits per heavy atom. The van der Waals surface area contributed by atoms with E-state index in [-0.39, 0.29) is 17.2 Å². The summed E-state index contributed by atoms with van der Waals surface area (Å²) in [6.07, 6.45) is 1.66. The Kier molecular flexibility index (Phi) is 2.11. The summed E-state index contributed by atoms with van der Waals surface area (Å²) in [6.45, 7) is 0. The first-order valence-electron chi connectivity index (χ1n) is 4.38. The van der Waals surface area contributed by atoms with Crippen LogP contribution in [0.4, 0.5) is 4.39 Å². The van der Waals surface area contributed by atoms with Gasteiger partial charge < -0.3 is 4.57 Å². The van der Waals surface area contributed by atoms with Crippen molar-refractivity contribution >= 4 is 23.0 Å². The zero-order valence-electron chi connectivity index (χ0n) is 8.03. The van der Waals surface area contributed by atoms with Crippen molar-refractivity contribution in [2.24, 2.45) is 7.05 Å². The van der Waals surface area contributed by atoms with Gasteiger partial charge in [-0.2, -0.15) is 0 Å². The normalized spacial score (nSPS) is 10.5. The van der Waals surface area contributed by atoms with Crippen molar-refractivity contribution in [3.8, 4) is 0 Å². The maximum atomic E-state index is 13.5. The lowest BCUT2D eigenvalue weighted by Crippen LogP contribution is -1.99. The molecular weight excluding hydrogens is 197 g/mol. The number of aldehydes is 1. The van der Waals surface area contributed by atoms with E-state index in [4.69, 9.17) is 0 Å². The highest BCUT2D eigenvalue weighted by atomic mass is 19.1. The lowest BCUT2D eigenvalue weighted by atomic mass is 10.1. The number of rotatable bonds is 2. The van der Waals surface area contributed by atoms with Crippen LogP contribution in [0.3, 0.4) is 0 Å². The summed E-state index contributed by atoms with van der Waals surface area (Å²) in [5, 5.41) is 0.206. The van der Waals surface area contributed by atoms with Gasteiger partial charge in [0.15, 0.2) is 6.29 Å². The zero-order chi connectivity index (χ0) is 11.0. The number of halogens is 1. The Labute approximate surface area is 85.1 Å². The Hall–Kier alpha value is -1.97. The maximum Gasteiger partial charge on any atom is 0.227 e. The highest BCUT2D eigenvalue weighted by molar-refractivity contribution is 6.36. The molecule has 2 aromatic rings. The summed E-state index contributed by atoms with van der Waals surface area (Å²) in [6, 6.07) is 4.52. The lowest BCUT2D eigenvalue weighted by Gasteiger charge is -1.95. The minimum atomic E-state index is -0.703. The molecule has 0 aliphatic rings. The van der Waals surface area contributed by atoms with Gasteiger partial charge in [0.05, 0.1) is 11.1 Å². The van der Waals surface area contributed by atoms with Crippen LogP contribution in [0.5, 0.6) is 0 Å². The fraction of sp³-hybridized carbons (Fsp3) is 0.0909. The molecule has 0 aliphatic carbocycles. The van der Waals surface area contributed by atoms with Gasteiger partial charge in [-0.15, -0.1) is 0 Å². The summed E-state index contributed by atoms with van der Waals surface area (Å²) in [7, 11) is 1.70. The first kappa shape index (κ1) is 9.58. The summed E-state index contributed by atoms with van der Waals surface area (Å²) in [5.41, 5.74) is 0.709. The van der Waals surface area contributed by atoms with Crippen molar-refractivity contribution in [2.75, 3.05) is 0 Å². The van der Waals surface area contributed by atoms with Gasteiger partial charge in [0.1, 0.15) is 5.82 Å². The number of fused-ring (bicyclic) bond motifs is 1. The number of carbonyl (C=O) groups is 2. The molecule has 1 heterocycles. The van der Waals surface area contributed by atoms with Gasteiger partial charge in [0.2, 0.25) is 5.78 Å². The molecule has 0 fully saturated rings. The van der Waals surface area contributed by atoms with E-state index in [0.717, 1.165) is 0 Å². The van der Waals surface area contributed by atoms with Crippen molar-refractivity contribution in [3.63, 3.8) is 0 Å². The average molecular weight is 205 g/mol. The molecule has 15 heavy (non-hydrogen) atoms. The number of Topliss-reactive ketones (excluding diaryl/α,β-unsaturated/α-hetero) is 1. The second-order valence-corrected chi connectivity index (χ2v) is 3.27. The molecular formula is C11H8FNO2. The molecule has 0 bridgehead atoms. The summed E-state index contributed by atoms with van der Waals surface area (Å²) in [4.78, 5) is 21.6. The summed E-state index contributed by atoms with van der Waals surface area (Å²) < 4.78 is 15.1. The second-order valence-electron chi connectivity index (χ2n) is 3.27. The largest absolute Gasteiger partial charge is 0.350 e. The van der Waals surface area contributed by atoms with Gasteiger partial charge in [-0.1, -0.05) is 6.07 Å². The van der Waals surface area contributed by atoms with Crippen LogP contribution < -0.4 is 0 Å². The monoisotopic (exact) mass is 205 g/mol. The molecule has 0 unspecified atom stereocenters. The molecule has 76 valence electrons. The number of aromatic nitrogens is 1. The summed E-state index contributed by atoms with van der Waals surface area (Å²) in [5.74, 6) is -1.19. The van der Waals surface area contributed by atoms with E-state index in [1.54, 1.807) is 23.7 Å². The van der Waals surface area contributed by atoms with E-state index in [1.807, 2.05) is 0 Å². The molecule has 0 atom stereocenters. The van der Waals surface area contributed by atoms with E-state index in [1.165, 1.54) is 12.3 Å². The van der Waals surface area contributed by atoms with Gasteiger partial charge >= 0.3 is 0 Å². The van der Waals surface area contributed by atoms with Crippen LogP contribution in [-0.2, 0) is 11.8 Å². The van der Waals surface area contributed by atoms with Crippen LogP contribution >= 0.6 is 0 Å². The van der Waals surface area contributed by atoms with Crippen molar-refractivity contribution in [3.05, 3.63) is 35.8 Å². The number of benzene rings is 1. The Morgan fingerprint density at radius 1 is 1.47 bits per heavy atom. The van der Waals surface area contributed by atoms with Gasteiger partial charge in [0.25, 0.3) is 0 Å². The second kappa shape index (κ2) is 3.31. The smallest absolute Gasteiger partial charge is 0.227 e. The fourth-order valence-electron chi connectivity index (χ4n) is 1.65. The van der Waals surface area contributed by atoms with Crippen molar-refractivity contribution in [2.45, 2.75) is 0 Å². The molecule has 2 rings (SSSR count). The van der Waals surface area contributed by atoms with Crippen LogP contribution in [-0.4, -0.2) is 16.6 Å².